The standard InChI is InChI=1S/C15H17N3O/c1-11-7-8-12(9-14(11)16)10-17-15(19)18-13-5-3-2-4-6-13/h2-9H,10,16H2,1H3,(H2,17,18,19). The summed E-state index contributed by atoms with van der Waals surface area (Å²) in [6.45, 7) is 2.40. The quantitative estimate of drug-likeness (QED) is 0.738. The highest BCUT2D eigenvalue weighted by Crippen LogP contribution is 2.12. The zero-order valence-electron chi connectivity index (χ0n) is 10.8. The number of hydrogen-bond donors (Lipinski definition) is 3. The Balaban J connectivity index is 1.88. The maximum absolute atomic E-state index is 11.7. The first-order valence-electron chi connectivity index (χ1n) is 6.10. The lowest BCUT2D eigenvalue weighted by atomic mass is 10.1. The highest BCUT2D eigenvalue weighted by molar-refractivity contribution is 5.89. The molecule has 0 spiro atoms. The Hall–Kier alpha value is -2.49. The molecule has 2 rings (SSSR count). The second-order valence-corrected chi connectivity index (χ2v) is 4.36. The molecule has 4 N–H and O–H groups in total. The Morgan fingerprint density at radius 3 is 2.58 bits per heavy atom. The topological polar surface area (TPSA) is 67.2 Å². The van der Waals surface area contributed by atoms with Crippen LogP contribution in [-0.2, 0) is 6.54 Å². The smallest absolute Gasteiger partial charge is 0.319 e. The predicted molar refractivity (Wildman–Crippen MR) is 77.9 cm³/mol. The summed E-state index contributed by atoms with van der Waals surface area (Å²) in [6.07, 6.45) is 0. The van der Waals surface area contributed by atoms with Gasteiger partial charge < -0.3 is 16.4 Å². The number of para-hydroxylation sites is 1. The van der Waals surface area contributed by atoms with Crippen LogP contribution in [0.25, 0.3) is 0 Å². The van der Waals surface area contributed by atoms with Gasteiger partial charge in [-0.1, -0.05) is 30.3 Å². The van der Waals surface area contributed by atoms with Gasteiger partial charge >= 0.3 is 6.03 Å². The fourth-order valence-electron chi connectivity index (χ4n) is 1.68. The van der Waals surface area contributed by atoms with Crippen molar-refractivity contribution in [2.24, 2.45) is 0 Å². The second-order valence-electron chi connectivity index (χ2n) is 4.36. The van der Waals surface area contributed by atoms with Gasteiger partial charge in [0.15, 0.2) is 0 Å². The monoisotopic (exact) mass is 255 g/mol. The van der Waals surface area contributed by atoms with Gasteiger partial charge in [0.1, 0.15) is 0 Å². The number of nitrogen functional groups attached to an aromatic ring is 1. The molecule has 0 aliphatic carbocycles. The van der Waals surface area contributed by atoms with Crippen LogP contribution in [0.1, 0.15) is 11.1 Å². The van der Waals surface area contributed by atoms with Gasteiger partial charge in [-0.15, -0.1) is 0 Å². The number of rotatable bonds is 3. The summed E-state index contributed by atoms with van der Waals surface area (Å²) in [6, 6.07) is 14.9. The van der Waals surface area contributed by atoms with Crippen molar-refractivity contribution < 1.29 is 4.79 Å². The third-order valence-electron chi connectivity index (χ3n) is 2.83. The van der Waals surface area contributed by atoms with Gasteiger partial charge in [0.05, 0.1) is 0 Å². The highest BCUT2D eigenvalue weighted by Gasteiger charge is 2.02. The summed E-state index contributed by atoms with van der Waals surface area (Å²) >= 11 is 0. The van der Waals surface area contributed by atoms with Crippen LogP contribution in [0.15, 0.2) is 48.5 Å². The number of urea groups is 1. The SMILES string of the molecule is Cc1ccc(CNC(=O)Nc2ccccc2)cc1N. The fraction of sp³-hybridized carbons (Fsp3) is 0.133. The van der Waals surface area contributed by atoms with Crippen LogP contribution in [0.2, 0.25) is 0 Å². The number of nitrogens with two attached hydrogens (primary N) is 1. The minimum absolute atomic E-state index is 0.231. The van der Waals surface area contributed by atoms with Crippen LogP contribution in [0.3, 0.4) is 0 Å². The maximum atomic E-state index is 11.7. The average Bonchev–Trinajstić information content (AvgIpc) is 2.41. The third-order valence-corrected chi connectivity index (χ3v) is 2.83. The van der Waals surface area contributed by atoms with E-state index < -0.39 is 0 Å². The molecule has 0 radical (unpaired) electrons. The molecule has 0 atom stereocenters. The van der Waals surface area contributed by atoms with Crippen LogP contribution >= 0.6 is 0 Å². The third kappa shape index (κ3) is 3.74. The van der Waals surface area contributed by atoms with Gasteiger partial charge in [-0.05, 0) is 36.2 Å². The molecule has 0 aromatic heterocycles. The maximum Gasteiger partial charge on any atom is 0.319 e. The molecule has 0 aliphatic heterocycles. The van der Waals surface area contributed by atoms with Crippen LogP contribution < -0.4 is 16.4 Å². The van der Waals surface area contributed by atoms with E-state index in [1.165, 1.54) is 0 Å². The summed E-state index contributed by atoms with van der Waals surface area (Å²) in [5.41, 5.74) is 9.35. The van der Waals surface area contributed by atoms with Gasteiger partial charge in [0.25, 0.3) is 0 Å². The molecule has 2 amide bonds. The summed E-state index contributed by atoms with van der Waals surface area (Å²) in [5, 5.41) is 5.55. The Bertz CT molecular complexity index is 567. The van der Waals surface area contributed by atoms with E-state index in [-0.39, 0.29) is 6.03 Å². The molecule has 0 saturated carbocycles. The number of carbonyl (C=O) groups excluding carboxylic acids is 1. The van der Waals surface area contributed by atoms with Gasteiger partial charge in [0.2, 0.25) is 0 Å². The molecule has 0 saturated heterocycles. The van der Waals surface area contributed by atoms with Gasteiger partial charge in [-0.2, -0.15) is 0 Å². The van der Waals surface area contributed by atoms with Gasteiger partial charge in [-0.25, -0.2) is 4.79 Å². The van der Waals surface area contributed by atoms with Crippen LogP contribution in [0.5, 0.6) is 0 Å². The van der Waals surface area contributed by atoms with E-state index in [0.29, 0.717) is 6.54 Å². The Morgan fingerprint density at radius 2 is 1.89 bits per heavy atom. The molecule has 98 valence electrons. The number of carbonyl (C=O) groups is 1. The molecule has 2 aromatic rings. The first kappa shape index (κ1) is 13.0. The molecule has 0 bridgehead atoms. The summed E-state index contributed by atoms with van der Waals surface area (Å²) in [5.74, 6) is 0. The van der Waals surface area contributed by atoms with Crippen molar-refractivity contribution in [3.05, 3.63) is 59.7 Å². The molecule has 2 aromatic carbocycles. The zero-order valence-corrected chi connectivity index (χ0v) is 10.8. The van der Waals surface area contributed by atoms with E-state index in [9.17, 15) is 4.79 Å². The largest absolute Gasteiger partial charge is 0.399 e. The number of benzene rings is 2. The molecule has 4 heteroatoms. The van der Waals surface area contributed by atoms with Crippen molar-refractivity contribution in [3.8, 4) is 0 Å². The first-order chi connectivity index (χ1) is 9.15. The van der Waals surface area contributed by atoms with E-state index in [1.807, 2.05) is 55.5 Å². The molecule has 0 heterocycles. The second kappa shape index (κ2) is 5.91. The van der Waals surface area contributed by atoms with Crippen molar-refractivity contribution in [2.75, 3.05) is 11.1 Å². The number of amides is 2. The van der Waals surface area contributed by atoms with Crippen LogP contribution in [-0.4, -0.2) is 6.03 Å². The predicted octanol–water partition coefficient (Wildman–Crippen LogP) is 2.90. The van der Waals surface area contributed by atoms with E-state index in [2.05, 4.69) is 10.6 Å². The van der Waals surface area contributed by atoms with Crippen molar-refractivity contribution in [2.45, 2.75) is 13.5 Å². The zero-order chi connectivity index (χ0) is 13.7. The number of anilines is 2. The molecule has 4 nitrogen and oxygen atoms in total. The summed E-state index contributed by atoms with van der Waals surface area (Å²) in [7, 11) is 0. The number of nitrogens with one attached hydrogen (secondary N) is 2. The van der Waals surface area contributed by atoms with Crippen molar-refractivity contribution in [1.29, 1.82) is 0 Å². The summed E-state index contributed by atoms with van der Waals surface area (Å²) in [4.78, 5) is 11.7. The Morgan fingerprint density at radius 1 is 1.16 bits per heavy atom. The Kier molecular flexibility index (Phi) is 4.03. The van der Waals surface area contributed by atoms with E-state index in [1.54, 1.807) is 0 Å². The van der Waals surface area contributed by atoms with Gasteiger partial charge in [0, 0.05) is 17.9 Å². The Labute approximate surface area is 112 Å². The first-order valence-corrected chi connectivity index (χ1v) is 6.10. The van der Waals surface area contributed by atoms with Crippen molar-refractivity contribution >= 4 is 17.4 Å². The van der Waals surface area contributed by atoms with Crippen molar-refractivity contribution in [1.82, 2.24) is 5.32 Å². The average molecular weight is 255 g/mol. The van der Waals surface area contributed by atoms with E-state index >= 15 is 0 Å². The van der Waals surface area contributed by atoms with Crippen molar-refractivity contribution in [3.63, 3.8) is 0 Å². The lowest BCUT2D eigenvalue weighted by molar-refractivity contribution is 0.251. The lowest BCUT2D eigenvalue weighted by Gasteiger charge is -2.09. The van der Waals surface area contributed by atoms with Crippen LogP contribution in [0, 0.1) is 6.92 Å². The lowest BCUT2D eigenvalue weighted by Crippen LogP contribution is -2.28. The van der Waals surface area contributed by atoms with Gasteiger partial charge in [-0.3, -0.25) is 0 Å². The molecule has 0 aliphatic rings. The molecule has 0 fully saturated rings. The van der Waals surface area contributed by atoms with E-state index in [0.717, 1.165) is 22.5 Å². The molecule has 0 unspecified atom stereocenters. The number of aryl methyl sites for hydroxylation is 1. The fourth-order valence-corrected chi connectivity index (χ4v) is 1.68. The van der Waals surface area contributed by atoms with E-state index in [4.69, 9.17) is 5.73 Å². The van der Waals surface area contributed by atoms with Crippen LogP contribution in [0.4, 0.5) is 16.2 Å². The normalized spacial score (nSPS) is 9.95. The minimum atomic E-state index is -0.231. The summed E-state index contributed by atoms with van der Waals surface area (Å²) < 4.78 is 0. The molecular formula is C15H17N3O. The minimum Gasteiger partial charge on any atom is -0.399 e. The number of hydrogen-bond acceptors (Lipinski definition) is 2. The molecular weight excluding hydrogens is 238 g/mol. The molecule has 19 heavy (non-hydrogen) atoms. The highest BCUT2D eigenvalue weighted by atomic mass is 16.2.